The molecule has 8 heteroatoms. The van der Waals surface area contributed by atoms with E-state index in [2.05, 4.69) is 5.32 Å². The summed E-state index contributed by atoms with van der Waals surface area (Å²) in [5, 5.41) is 13.6. The standard InChI is InChI=1S/C21H21Cl2N3O3/c22-17-7-5-15-16(19(17)23)6-8-18(15)24-21(29)26-11-9-25(10-12-26)20(28)13-1-3-14(27)4-2-13/h1-5,7,18,27H,6,8-12H2,(H,24,29). The predicted octanol–water partition coefficient (Wildman–Crippen LogP) is 3.85. The number of phenolic OH excluding ortho intramolecular Hbond substituents is 1. The number of halogens is 2. The van der Waals surface area contributed by atoms with Crippen LogP contribution in [-0.4, -0.2) is 53.0 Å². The molecule has 1 fully saturated rings. The Hall–Kier alpha value is -2.44. The number of amides is 3. The van der Waals surface area contributed by atoms with E-state index in [9.17, 15) is 14.7 Å². The number of benzene rings is 2. The zero-order chi connectivity index (χ0) is 20.5. The molecule has 2 aliphatic rings. The highest BCUT2D eigenvalue weighted by molar-refractivity contribution is 6.42. The highest BCUT2D eigenvalue weighted by Gasteiger charge is 2.30. The molecule has 4 rings (SSSR count). The van der Waals surface area contributed by atoms with Crippen LogP contribution in [0.15, 0.2) is 36.4 Å². The van der Waals surface area contributed by atoms with Gasteiger partial charge in [0.2, 0.25) is 0 Å². The van der Waals surface area contributed by atoms with Gasteiger partial charge in [0, 0.05) is 31.7 Å². The topological polar surface area (TPSA) is 72.9 Å². The molecule has 3 amide bonds. The first-order valence-electron chi connectivity index (χ1n) is 9.54. The summed E-state index contributed by atoms with van der Waals surface area (Å²) in [6.07, 6.45) is 1.58. The Morgan fingerprint density at radius 3 is 2.31 bits per heavy atom. The van der Waals surface area contributed by atoms with Gasteiger partial charge in [-0.25, -0.2) is 4.79 Å². The molecule has 2 aromatic carbocycles. The largest absolute Gasteiger partial charge is 0.508 e. The van der Waals surface area contributed by atoms with Crippen LogP contribution in [0.2, 0.25) is 10.0 Å². The van der Waals surface area contributed by atoms with Crippen LogP contribution in [0.5, 0.6) is 5.75 Å². The van der Waals surface area contributed by atoms with Crippen molar-refractivity contribution >= 4 is 35.1 Å². The maximum Gasteiger partial charge on any atom is 0.318 e. The van der Waals surface area contributed by atoms with Crippen LogP contribution >= 0.6 is 23.2 Å². The van der Waals surface area contributed by atoms with Crippen molar-refractivity contribution in [2.45, 2.75) is 18.9 Å². The van der Waals surface area contributed by atoms with Gasteiger partial charge in [0.25, 0.3) is 5.91 Å². The summed E-state index contributed by atoms with van der Waals surface area (Å²) < 4.78 is 0. The van der Waals surface area contributed by atoms with Crippen molar-refractivity contribution in [3.63, 3.8) is 0 Å². The smallest absolute Gasteiger partial charge is 0.318 e. The number of piperazine rings is 1. The van der Waals surface area contributed by atoms with Crippen molar-refractivity contribution < 1.29 is 14.7 Å². The first-order valence-corrected chi connectivity index (χ1v) is 10.3. The minimum absolute atomic E-state index is 0.0797. The van der Waals surface area contributed by atoms with E-state index in [1.165, 1.54) is 12.1 Å². The lowest BCUT2D eigenvalue weighted by Crippen LogP contribution is -2.53. The van der Waals surface area contributed by atoms with E-state index in [4.69, 9.17) is 23.2 Å². The summed E-state index contributed by atoms with van der Waals surface area (Å²) in [4.78, 5) is 28.7. The zero-order valence-corrected chi connectivity index (χ0v) is 17.2. The lowest BCUT2D eigenvalue weighted by atomic mass is 10.1. The second-order valence-corrected chi connectivity index (χ2v) is 8.08. The normalized spacial score (nSPS) is 18.5. The van der Waals surface area contributed by atoms with Gasteiger partial charge in [0.15, 0.2) is 0 Å². The van der Waals surface area contributed by atoms with Crippen LogP contribution in [0.1, 0.15) is 33.9 Å². The lowest BCUT2D eigenvalue weighted by molar-refractivity contribution is 0.0663. The molecular formula is C21H21Cl2N3O3. The Labute approximate surface area is 179 Å². The summed E-state index contributed by atoms with van der Waals surface area (Å²) in [7, 11) is 0. The molecular weight excluding hydrogens is 413 g/mol. The number of hydrogen-bond acceptors (Lipinski definition) is 3. The molecule has 2 aromatic rings. The highest BCUT2D eigenvalue weighted by atomic mass is 35.5. The van der Waals surface area contributed by atoms with Gasteiger partial charge in [-0.15, -0.1) is 0 Å². The number of rotatable bonds is 2. The van der Waals surface area contributed by atoms with Crippen molar-refractivity contribution in [3.05, 3.63) is 63.1 Å². The van der Waals surface area contributed by atoms with Crippen LogP contribution < -0.4 is 5.32 Å². The van der Waals surface area contributed by atoms with Gasteiger partial charge >= 0.3 is 6.03 Å². The number of carbonyl (C=O) groups excluding carboxylic acids is 2. The lowest BCUT2D eigenvalue weighted by Gasteiger charge is -2.35. The van der Waals surface area contributed by atoms with Gasteiger partial charge in [-0.05, 0) is 54.3 Å². The minimum Gasteiger partial charge on any atom is -0.508 e. The first kappa shape index (κ1) is 19.9. The fraction of sp³-hybridized carbons (Fsp3) is 0.333. The van der Waals surface area contributed by atoms with Gasteiger partial charge in [0.05, 0.1) is 16.1 Å². The third kappa shape index (κ3) is 4.00. The summed E-state index contributed by atoms with van der Waals surface area (Å²) in [6, 6.07) is 9.68. The second kappa shape index (κ2) is 8.13. The van der Waals surface area contributed by atoms with Crippen molar-refractivity contribution in [3.8, 4) is 5.75 Å². The molecule has 0 saturated carbocycles. The van der Waals surface area contributed by atoms with Crippen LogP contribution in [0.4, 0.5) is 4.79 Å². The van der Waals surface area contributed by atoms with Gasteiger partial charge in [-0.3, -0.25) is 4.79 Å². The fourth-order valence-electron chi connectivity index (χ4n) is 3.92. The Kier molecular flexibility index (Phi) is 5.56. The summed E-state index contributed by atoms with van der Waals surface area (Å²) in [5.74, 6) is 0.0291. The molecule has 29 heavy (non-hydrogen) atoms. The summed E-state index contributed by atoms with van der Waals surface area (Å²) >= 11 is 12.4. The summed E-state index contributed by atoms with van der Waals surface area (Å²) in [5.41, 5.74) is 2.56. The van der Waals surface area contributed by atoms with Crippen molar-refractivity contribution in [2.75, 3.05) is 26.2 Å². The van der Waals surface area contributed by atoms with Crippen LogP contribution in [0.25, 0.3) is 0 Å². The van der Waals surface area contributed by atoms with E-state index in [1.807, 2.05) is 6.07 Å². The van der Waals surface area contributed by atoms with Crippen LogP contribution in [0, 0.1) is 0 Å². The average molecular weight is 434 g/mol. The first-order chi connectivity index (χ1) is 13.9. The van der Waals surface area contributed by atoms with Crippen molar-refractivity contribution in [1.29, 1.82) is 0 Å². The fourth-order valence-corrected chi connectivity index (χ4v) is 4.37. The molecule has 1 atom stereocenters. The number of nitrogens with zero attached hydrogens (tertiary/aromatic N) is 2. The van der Waals surface area contributed by atoms with Crippen LogP contribution in [-0.2, 0) is 6.42 Å². The Morgan fingerprint density at radius 1 is 0.966 bits per heavy atom. The zero-order valence-electron chi connectivity index (χ0n) is 15.7. The van der Waals surface area contributed by atoms with E-state index < -0.39 is 0 Å². The van der Waals surface area contributed by atoms with Gasteiger partial charge in [-0.2, -0.15) is 0 Å². The van der Waals surface area contributed by atoms with Gasteiger partial charge in [-0.1, -0.05) is 29.3 Å². The molecule has 1 aliphatic heterocycles. The Balaban J connectivity index is 1.34. The summed E-state index contributed by atoms with van der Waals surface area (Å²) in [6.45, 7) is 1.87. The average Bonchev–Trinajstić information content (AvgIpc) is 3.14. The van der Waals surface area contributed by atoms with Gasteiger partial charge in [0.1, 0.15) is 5.75 Å². The van der Waals surface area contributed by atoms with E-state index >= 15 is 0 Å². The van der Waals surface area contributed by atoms with E-state index in [-0.39, 0.29) is 23.7 Å². The molecule has 6 nitrogen and oxygen atoms in total. The van der Waals surface area contributed by atoms with Crippen molar-refractivity contribution in [1.82, 2.24) is 15.1 Å². The minimum atomic E-state index is -0.134. The third-order valence-corrected chi connectivity index (χ3v) is 6.40. The molecule has 0 radical (unpaired) electrons. The number of fused-ring (bicyclic) bond motifs is 1. The van der Waals surface area contributed by atoms with Gasteiger partial charge < -0.3 is 20.2 Å². The van der Waals surface area contributed by atoms with E-state index in [0.717, 1.165) is 24.0 Å². The highest BCUT2D eigenvalue weighted by Crippen LogP contribution is 2.39. The molecule has 152 valence electrons. The molecule has 0 aromatic heterocycles. The molecule has 2 N–H and O–H groups in total. The maximum absolute atomic E-state index is 12.7. The van der Waals surface area contributed by atoms with E-state index in [1.54, 1.807) is 28.0 Å². The quantitative estimate of drug-likeness (QED) is 0.754. The van der Waals surface area contributed by atoms with Crippen LogP contribution in [0.3, 0.4) is 0 Å². The SMILES string of the molecule is O=C(NC1CCc2c1ccc(Cl)c2Cl)N1CCN(C(=O)c2ccc(O)cc2)CC1. The number of carbonyl (C=O) groups is 2. The monoisotopic (exact) mass is 433 g/mol. The number of phenols is 1. The number of nitrogens with one attached hydrogen (secondary N) is 1. The predicted molar refractivity (Wildman–Crippen MR) is 112 cm³/mol. The van der Waals surface area contributed by atoms with E-state index in [0.29, 0.717) is 41.8 Å². The maximum atomic E-state index is 12.7. The molecule has 1 unspecified atom stereocenters. The third-order valence-electron chi connectivity index (χ3n) is 5.56. The molecule has 0 spiro atoms. The molecule has 1 saturated heterocycles. The molecule has 0 bridgehead atoms. The Bertz CT molecular complexity index is 941. The molecule has 1 heterocycles. The molecule has 1 aliphatic carbocycles. The van der Waals surface area contributed by atoms with Crippen molar-refractivity contribution in [2.24, 2.45) is 0 Å². The number of hydrogen-bond donors (Lipinski definition) is 2. The number of urea groups is 1. The second-order valence-electron chi connectivity index (χ2n) is 7.30. The number of aromatic hydroxyl groups is 1. The Morgan fingerprint density at radius 2 is 1.62 bits per heavy atom.